The molecule has 0 amide bonds. The molecule has 29 heavy (non-hydrogen) atoms. The standard InChI is InChI=1S/C23H38O6/c1-4-5-8-11-18(25)14-15-19-20(22(16-21(19)26)29-17(2)24)12-9-6-7-10-13-23(27)28-3/h6,9,14-15,18-22,25-26H,4-5,7-8,10-13,16H2,1-3H3/b9-6-,15-14+/t18-,19+,20+,21+,22-/m0/s1. The summed E-state index contributed by atoms with van der Waals surface area (Å²) in [4.78, 5) is 22.6. The highest BCUT2D eigenvalue weighted by Gasteiger charge is 2.42. The molecular formula is C23H38O6. The Labute approximate surface area is 175 Å². The summed E-state index contributed by atoms with van der Waals surface area (Å²) in [5, 5.41) is 20.7. The summed E-state index contributed by atoms with van der Waals surface area (Å²) in [5.74, 6) is -0.766. The predicted octanol–water partition coefficient (Wildman–Crippen LogP) is 3.70. The van der Waals surface area contributed by atoms with Crippen molar-refractivity contribution in [1.82, 2.24) is 0 Å². The van der Waals surface area contributed by atoms with Gasteiger partial charge in [-0.15, -0.1) is 0 Å². The lowest BCUT2D eigenvalue weighted by Crippen LogP contribution is -2.24. The highest BCUT2D eigenvalue weighted by Crippen LogP contribution is 2.38. The summed E-state index contributed by atoms with van der Waals surface area (Å²) < 4.78 is 10.1. The molecule has 6 heteroatoms. The summed E-state index contributed by atoms with van der Waals surface area (Å²) in [7, 11) is 1.38. The number of unbranched alkanes of at least 4 members (excludes halogenated alkanes) is 3. The summed E-state index contributed by atoms with van der Waals surface area (Å²) in [6.07, 6.45) is 13.1. The third kappa shape index (κ3) is 10.1. The van der Waals surface area contributed by atoms with Crippen molar-refractivity contribution in [2.24, 2.45) is 11.8 Å². The number of esters is 2. The van der Waals surface area contributed by atoms with E-state index in [9.17, 15) is 19.8 Å². The quantitative estimate of drug-likeness (QED) is 0.273. The van der Waals surface area contributed by atoms with Crippen molar-refractivity contribution >= 4 is 11.9 Å². The Morgan fingerprint density at radius 2 is 1.97 bits per heavy atom. The van der Waals surface area contributed by atoms with Crippen LogP contribution in [0.15, 0.2) is 24.3 Å². The third-order valence-electron chi connectivity index (χ3n) is 5.42. The van der Waals surface area contributed by atoms with E-state index in [-0.39, 0.29) is 29.9 Å². The summed E-state index contributed by atoms with van der Waals surface area (Å²) in [5.41, 5.74) is 0. The second kappa shape index (κ2) is 14.3. The molecule has 0 spiro atoms. The van der Waals surface area contributed by atoms with Crippen LogP contribution in [0.5, 0.6) is 0 Å². The van der Waals surface area contributed by atoms with Gasteiger partial charge in [0.1, 0.15) is 6.10 Å². The molecule has 0 aliphatic heterocycles. The number of methoxy groups -OCH3 is 1. The molecule has 0 bridgehead atoms. The molecule has 0 unspecified atom stereocenters. The first-order valence-corrected chi connectivity index (χ1v) is 10.8. The summed E-state index contributed by atoms with van der Waals surface area (Å²) in [6, 6.07) is 0. The number of aliphatic hydroxyl groups is 2. The Balaban J connectivity index is 2.65. The number of hydrogen-bond acceptors (Lipinski definition) is 6. The fourth-order valence-electron chi connectivity index (χ4n) is 3.83. The van der Waals surface area contributed by atoms with Crippen molar-refractivity contribution < 1.29 is 29.3 Å². The lowest BCUT2D eigenvalue weighted by molar-refractivity contribution is -0.148. The molecule has 0 radical (unpaired) electrons. The van der Waals surface area contributed by atoms with E-state index < -0.39 is 12.2 Å². The fourth-order valence-corrected chi connectivity index (χ4v) is 3.83. The molecule has 0 aromatic rings. The van der Waals surface area contributed by atoms with Crippen LogP contribution in [0.2, 0.25) is 0 Å². The van der Waals surface area contributed by atoms with Gasteiger partial charge in [-0.2, -0.15) is 0 Å². The monoisotopic (exact) mass is 410 g/mol. The Bertz CT molecular complexity index is 541. The Morgan fingerprint density at radius 3 is 2.62 bits per heavy atom. The van der Waals surface area contributed by atoms with Crippen LogP contribution in [0.1, 0.15) is 71.6 Å². The minimum Gasteiger partial charge on any atom is -0.469 e. The second-order valence-corrected chi connectivity index (χ2v) is 7.82. The van der Waals surface area contributed by atoms with E-state index >= 15 is 0 Å². The lowest BCUT2D eigenvalue weighted by Gasteiger charge is -2.22. The van der Waals surface area contributed by atoms with Crippen LogP contribution in [0.4, 0.5) is 0 Å². The maximum atomic E-state index is 11.5. The van der Waals surface area contributed by atoms with Gasteiger partial charge in [0.05, 0.1) is 19.3 Å². The predicted molar refractivity (Wildman–Crippen MR) is 112 cm³/mol. The number of rotatable bonds is 13. The summed E-state index contributed by atoms with van der Waals surface area (Å²) >= 11 is 0. The maximum Gasteiger partial charge on any atom is 0.305 e. The first-order valence-electron chi connectivity index (χ1n) is 10.8. The number of carbonyl (C=O) groups excluding carboxylic acids is 2. The normalized spacial score (nSPS) is 25.6. The zero-order chi connectivity index (χ0) is 21.6. The number of aliphatic hydroxyl groups excluding tert-OH is 2. The van der Waals surface area contributed by atoms with Crippen molar-refractivity contribution in [1.29, 1.82) is 0 Å². The van der Waals surface area contributed by atoms with Crippen molar-refractivity contribution in [3.8, 4) is 0 Å². The van der Waals surface area contributed by atoms with Crippen LogP contribution in [0, 0.1) is 11.8 Å². The first-order chi connectivity index (χ1) is 13.9. The smallest absolute Gasteiger partial charge is 0.305 e. The molecule has 6 nitrogen and oxygen atoms in total. The van der Waals surface area contributed by atoms with Gasteiger partial charge in [0.15, 0.2) is 0 Å². The van der Waals surface area contributed by atoms with Gasteiger partial charge in [-0.25, -0.2) is 0 Å². The van der Waals surface area contributed by atoms with Gasteiger partial charge in [0, 0.05) is 31.6 Å². The molecule has 0 aromatic carbocycles. The van der Waals surface area contributed by atoms with E-state index in [0.717, 1.165) is 32.1 Å². The molecule has 0 aromatic heterocycles. The van der Waals surface area contributed by atoms with Gasteiger partial charge in [0.2, 0.25) is 0 Å². The average molecular weight is 411 g/mol. The van der Waals surface area contributed by atoms with Crippen LogP contribution >= 0.6 is 0 Å². The fraction of sp³-hybridized carbons (Fsp3) is 0.739. The molecule has 1 rings (SSSR count). The Hall–Kier alpha value is -1.66. The molecule has 1 fully saturated rings. The first kappa shape index (κ1) is 25.4. The van der Waals surface area contributed by atoms with Crippen molar-refractivity contribution in [3.63, 3.8) is 0 Å². The molecule has 2 N–H and O–H groups in total. The van der Waals surface area contributed by atoms with Gasteiger partial charge in [-0.05, 0) is 25.7 Å². The minimum absolute atomic E-state index is 0.0372. The second-order valence-electron chi connectivity index (χ2n) is 7.82. The zero-order valence-corrected chi connectivity index (χ0v) is 18.1. The van der Waals surface area contributed by atoms with E-state index in [0.29, 0.717) is 25.7 Å². The SMILES string of the molecule is CCCCC[C@H](O)/C=C/[C@@H]1[C@@H](C/C=C\CCCC(=O)OC)[C@@H](OC(C)=O)C[C@H]1O. The summed E-state index contributed by atoms with van der Waals surface area (Å²) in [6.45, 7) is 3.51. The van der Waals surface area contributed by atoms with E-state index in [1.54, 1.807) is 6.08 Å². The molecule has 1 saturated carbocycles. The largest absolute Gasteiger partial charge is 0.469 e. The van der Waals surface area contributed by atoms with Gasteiger partial charge in [0.25, 0.3) is 0 Å². The highest BCUT2D eigenvalue weighted by molar-refractivity contribution is 5.69. The topological polar surface area (TPSA) is 93.1 Å². The molecular weight excluding hydrogens is 372 g/mol. The average Bonchev–Trinajstić information content (AvgIpc) is 2.96. The van der Waals surface area contributed by atoms with Crippen LogP contribution in [-0.4, -0.2) is 47.6 Å². The van der Waals surface area contributed by atoms with Crippen LogP contribution in [-0.2, 0) is 19.1 Å². The Kier molecular flexibility index (Phi) is 12.6. The van der Waals surface area contributed by atoms with Gasteiger partial charge >= 0.3 is 11.9 Å². The van der Waals surface area contributed by atoms with E-state index in [1.807, 2.05) is 18.2 Å². The van der Waals surface area contributed by atoms with Crippen LogP contribution in [0.25, 0.3) is 0 Å². The van der Waals surface area contributed by atoms with Crippen molar-refractivity contribution in [2.45, 2.75) is 89.9 Å². The number of carbonyl (C=O) groups is 2. The lowest BCUT2D eigenvalue weighted by atomic mass is 9.89. The van der Waals surface area contributed by atoms with Crippen molar-refractivity contribution in [2.75, 3.05) is 7.11 Å². The van der Waals surface area contributed by atoms with Crippen LogP contribution in [0.3, 0.4) is 0 Å². The molecule has 0 saturated heterocycles. The molecule has 166 valence electrons. The van der Waals surface area contributed by atoms with Gasteiger partial charge in [-0.3, -0.25) is 9.59 Å². The van der Waals surface area contributed by atoms with Crippen molar-refractivity contribution in [3.05, 3.63) is 24.3 Å². The maximum absolute atomic E-state index is 11.5. The van der Waals surface area contributed by atoms with Gasteiger partial charge < -0.3 is 19.7 Å². The third-order valence-corrected chi connectivity index (χ3v) is 5.42. The molecule has 1 aliphatic rings. The van der Waals surface area contributed by atoms with Gasteiger partial charge in [-0.1, -0.05) is 50.5 Å². The zero-order valence-electron chi connectivity index (χ0n) is 18.1. The van der Waals surface area contributed by atoms with Crippen LogP contribution < -0.4 is 0 Å². The minimum atomic E-state index is -0.601. The highest BCUT2D eigenvalue weighted by atomic mass is 16.5. The number of allylic oxidation sites excluding steroid dienone is 2. The number of ether oxygens (including phenoxy) is 2. The van der Waals surface area contributed by atoms with E-state index in [4.69, 9.17) is 4.74 Å². The molecule has 1 aliphatic carbocycles. The Morgan fingerprint density at radius 1 is 1.21 bits per heavy atom. The molecule has 5 atom stereocenters. The number of hydrogen-bond donors (Lipinski definition) is 2. The van der Waals surface area contributed by atoms with E-state index in [2.05, 4.69) is 11.7 Å². The molecule has 0 heterocycles. The van der Waals surface area contributed by atoms with E-state index in [1.165, 1.54) is 14.0 Å².